The van der Waals surface area contributed by atoms with Crippen molar-refractivity contribution in [2.75, 3.05) is 6.16 Å². The molecule has 0 saturated heterocycles. The highest BCUT2D eigenvalue weighted by molar-refractivity contribution is 7.56. The molecule has 0 heterocycles. The first-order valence-corrected chi connectivity index (χ1v) is 8.94. The summed E-state index contributed by atoms with van der Waals surface area (Å²) in [6.07, 6.45) is 3.87. The quantitative estimate of drug-likeness (QED) is 0.606. The van der Waals surface area contributed by atoms with Gasteiger partial charge < -0.3 is 0 Å². The van der Waals surface area contributed by atoms with Crippen molar-refractivity contribution in [2.24, 2.45) is 5.92 Å². The Balaban J connectivity index is 2.03. The van der Waals surface area contributed by atoms with E-state index in [4.69, 9.17) is 0 Å². The van der Waals surface area contributed by atoms with E-state index in [1.54, 1.807) is 0 Å². The molecule has 0 aliphatic carbocycles. The van der Waals surface area contributed by atoms with E-state index in [0.717, 1.165) is 5.92 Å². The van der Waals surface area contributed by atoms with Crippen molar-refractivity contribution < 1.29 is 0 Å². The van der Waals surface area contributed by atoms with E-state index in [0.29, 0.717) is 0 Å². The predicted molar refractivity (Wildman–Crippen MR) is 86.9 cm³/mol. The van der Waals surface area contributed by atoms with Crippen LogP contribution in [0.2, 0.25) is 0 Å². The Hall–Kier alpha value is -1.13. The van der Waals surface area contributed by atoms with Gasteiger partial charge in [0.05, 0.1) is 0 Å². The van der Waals surface area contributed by atoms with Crippen molar-refractivity contribution in [1.29, 1.82) is 0 Å². The van der Waals surface area contributed by atoms with Crippen molar-refractivity contribution in [3.05, 3.63) is 71.8 Å². The number of rotatable bonds is 6. The zero-order valence-electron chi connectivity index (χ0n) is 11.9. The summed E-state index contributed by atoms with van der Waals surface area (Å²) in [4.78, 5) is 0. The average molecular weight is 270 g/mol. The fraction of sp³-hybridized carbons (Fsp3) is 0.333. The first-order valence-electron chi connectivity index (χ1n) is 7.04. The summed E-state index contributed by atoms with van der Waals surface area (Å²) in [5.41, 5.74) is 2.98. The van der Waals surface area contributed by atoms with E-state index in [1.807, 2.05) is 0 Å². The molecule has 0 unspecified atom stereocenters. The Morgan fingerprint density at radius 3 is 1.53 bits per heavy atom. The van der Waals surface area contributed by atoms with Gasteiger partial charge in [0.1, 0.15) is 0 Å². The molecular formula is C18H23P. The molecule has 2 rings (SSSR count). The molecule has 0 nitrogen and oxygen atoms in total. The topological polar surface area (TPSA) is 0 Å². The first-order chi connectivity index (χ1) is 9.24. The molecule has 0 N–H and O–H groups in total. The SMILES string of the molecule is CC(C)CP(Cc1ccccc1)Cc1ccccc1. The smallest absolute Gasteiger partial charge is 0.00700 e. The van der Waals surface area contributed by atoms with Crippen molar-refractivity contribution in [2.45, 2.75) is 26.2 Å². The molecule has 0 saturated carbocycles. The van der Waals surface area contributed by atoms with Crippen molar-refractivity contribution >= 4 is 7.92 Å². The van der Waals surface area contributed by atoms with Crippen LogP contribution in [0.5, 0.6) is 0 Å². The first kappa shape index (κ1) is 14.3. The Morgan fingerprint density at radius 2 is 1.16 bits per heavy atom. The molecule has 1 heteroatoms. The molecule has 0 aromatic heterocycles. The summed E-state index contributed by atoms with van der Waals surface area (Å²) >= 11 is 0. The molecule has 0 atom stereocenters. The lowest BCUT2D eigenvalue weighted by Crippen LogP contribution is -1.99. The Bertz CT molecular complexity index is 420. The highest BCUT2D eigenvalue weighted by atomic mass is 31.1. The lowest BCUT2D eigenvalue weighted by atomic mass is 10.2. The molecular weight excluding hydrogens is 247 g/mol. The summed E-state index contributed by atoms with van der Waals surface area (Å²) in [5.74, 6) is 0.790. The number of hydrogen-bond donors (Lipinski definition) is 0. The monoisotopic (exact) mass is 270 g/mol. The molecule has 0 amide bonds. The molecule has 2 aromatic carbocycles. The highest BCUT2D eigenvalue weighted by Gasteiger charge is 2.11. The van der Waals surface area contributed by atoms with Crippen LogP contribution >= 0.6 is 7.92 Å². The van der Waals surface area contributed by atoms with Gasteiger partial charge in [-0.05, 0) is 35.5 Å². The Kier molecular flexibility index (Phi) is 5.61. The zero-order valence-corrected chi connectivity index (χ0v) is 12.8. The van der Waals surface area contributed by atoms with Gasteiger partial charge in [0.2, 0.25) is 0 Å². The van der Waals surface area contributed by atoms with Crippen LogP contribution in [-0.4, -0.2) is 6.16 Å². The van der Waals surface area contributed by atoms with Crippen molar-refractivity contribution in [1.82, 2.24) is 0 Å². The van der Waals surface area contributed by atoms with Crippen LogP contribution in [0.1, 0.15) is 25.0 Å². The maximum absolute atomic E-state index is 2.34. The second kappa shape index (κ2) is 7.46. The van der Waals surface area contributed by atoms with Crippen LogP contribution in [0.25, 0.3) is 0 Å². The molecule has 2 aromatic rings. The summed E-state index contributed by atoms with van der Waals surface area (Å²) in [7, 11) is 0.0473. The Labute approximate surface area is 118 Å². The van der Waals surface area contributed by atoms with E-state index in [2.05, 4.69) is 74.5 Å². The minimum atomic E-state index is 0.0473. The van der Waals surface area contributed by atoms with Crippen LogP contribution < -0.4 is 0 Å². The van der Waals surface area contributed by atoms with E-state index < -0.39 is 0 Å². The summed E-state index contributed by atoms with van der Waals surface area (Å²) < 4.78 is 0. The van der Waals surface area contributed by atoms with Gasteiger partial charge in [0.15, 0.2) is 0 Å². The second-order valence-electron chi connectivity index (χ2n) is 5.53. The maximum Gasteiger partial charge on any atom is -0.00700 e. The lowest BCUT2D eigenvalue weighted by molar-refractivity contribution is 0.742. The standard InChI is InChI=1S/C18H23P/c1-16(2)13-19(14-17-9-5-3-6-10-17)15-18-11-7-4-8-12-18/h3-12,16H,13-15H2,1-2H3. The van der Waals surface area contributed by atoms with Gasteiger partial charge in [-0.2, -0.15) is 0 Å². The number of benzene rings is 2. The molecule has 0 bridgehead atoms. The van der Waals surface area contributed by atoms with Crippen LogP contribution in [0.15, 0.2) is 60.7 Å². The summed E-state index contributed by atoms with van der Waals surface area (Å²) in [6.45, 7) is 4.68. The van der Waals surface area contributed by atoms with E-state index >= 15 is 0 Å². The molecule has 19 heavy (non-hydrogen) atoms. The van der Waals surface area contributed by atoms with E-state index in [-0.39, 0.29) is 7.92 Å². The van der Waals surface area contributed by atoms with E-state index in [9.17, 15) is 0 Å². The van der Waals surface area contributed by atoms with Crippen LogP contribution in [-0.2, 0) is 12.3 Å². The molecule has 0 radical (unpaired) electrons. The van der Waals surface area contributed by atoms with Crippen LogP contribution in [0.4, 0.5) is 0 Å². The third kappa shape index (κ3) is 5.17. The minimum absolute atomic E-state index is 0.0473. The maximum atomic E-state index is 2.34. The third-order valence-corrected chi connectivity index (χ3v) is 5.99. The fourth-order valence-corrected chi connectivity index (χ4v) is 5.24. The molecule has 0 spiro atoms. The average Bonchev–Trinajstić information content (AvgIpc) is 2.40. The third-order valence-electron chi connectivity index (χ3n) is 3.12. The molecule has 100 valence electrons. The van der Waals surface area contributed by atoms with Gasteiger partial charge in [-0.1, -0.05) is 82.4 Å². The largest absolute Gasteiger partial charge is 0.0975 e. The van der Waals surface area contributed by atoms with Gasteiger partial charge in [0, 0.05) is 0 Å². The van der Waals surface area contributed by atoms with Crippen molar-refractivity contribution in [3.63, 3.8) is 0 Å². The molecule has 0 fully saturated rings. The summed E-state index contributed by atoms with van der Waals surface area (Å²) in [5, 5.41) is 0. The van der Waals surface area contributed by atoms with Gasteiger partial charge in [0.25, 0.3) is 0 Å². The zero-order chi connectivity index (χ0) is 13.5. The highest BCUT2D eigenvalue weighted by Crippen LogP contribution is 2.44. The van der Waals surface area contributed by atoms with Gasteiger partial charge in [-0.25, -0.2) is 0 Å². The molecule has 0 aliphatic heterocycles. The molecule has 0 aliphatic rings. The lowest BCUT2D eigenvalue weighted by Gasteiger charge is -2.20. The van der Waals surface area contributed by atoms with Gasteiger partial charge in [-0.3, -0.25) is 0 Å². The van der Waals surface area contributed by atoms with Crippen molar-refractivity contribution in [3.8, 4) is 0 Å². The fourth-order valence-electron chi connectivity index (χ4n) is 2.38. The minimum Gasteiger partial charge on any atom is -0.0975 e. The van der Waals surface area contributed by atoms with Crippen LogP contribution in [0.3, 0.4) is 0 Å². The van der Waals surface area contributed by atoms with Gasteiger partial charge >= 0.3 is 0 Å². The van der Waals surface area contributed by atoms with E-state index in [1.165, 1.54) is 29.6 Å². The Morgan fingerprint density at radius 1 is 0.737 bits per heavy atom. The van der Waals surface area contributed by atoms with Crippen LogP contribution in [0, 0.1) is 5.92 Å². The second-order valence-corrected chi connectivity index (χ2v) is 7.87. The van der Waals surface area contributed by atoms with Gasteiger partial charge in [-0.15, -0.1) is 0 Å². The number of hydrogen-bond acceptors (Lipinski definition) is 0. The predicted octanol–water partition coefficient (Wildman–Crippen LogP) is 5.52. The normalized spacial score (nSPS) is 11.2. The summed E-state index contributed by atoms with van der Waals surface area (Å²) in [6, 6.07) is 21.9.